The number of carbonyl (C=O) groups excluding carboxylic acids is 1. The van der Waals surface area contributed by atoms with Crippen LogP contribution in [0.5, 0.6) is 0 Å². The lowest BCUT2D eigenvalue weighted by Gasteiger charge is -2.17. The van der Waals surface area contributed by atoms with Crippen LogP contribution in [0.1, 0.15) is 25.6 Å². The lowest BCUT2D eigenvalue weighted by molar-refractivity contribution is 0.0754. The van der Waals surface area contributed by atoms with E-state index in [9.17, 15) is 14.4 Å². The topological polar surface area (TPSA) is 78.9 Å². The Morgan fingerprint density at radius 3 is 2.32 bits per heavy atom. The maximum Gasteiger partial charge on any atom is 0.339 e. The highest BCUT2D eigenvalue weighted by Gasteiger charge is 2.28. The summed E-state index contributed by atoms with van der Waals surface area (Å²) in [6.07, 6.45) is 1.44. The first kappa shape index (κ1) is 13.3. The van der Waals surface area contributed by atoms with Gasteiger partial charge in [0.1, 0.15) is 0 Å². The fraction of sp³-hybridized carbons (Fsp3) is 0.500. The van der Waals surface area contributed by atoms with Crippen LogP contribution in [0.15, 0.2) is 15.9 Å². The minimum atomic E-state index is -0.817. The predicted molar refractivity (Wildman–Crippen MR) is 70.3 cm³/mol. The van der Waals surface area contributed by atoms with Gasteiger partial charge in [-0.15, -0.1) is 0 Å². The number of carbonyl (C=O) groups is 1. The van der Waals surface area contributed by atoms with Crippen molar-refractivity contribution < 1.29 is 4.79 Å². The monoisotopic (exact) mass is 264 g/mol. The molecule has 0 bridgehead atoms. The number of nitrogens with zero attached hydrogens (tertiary/aromatic N) is 4. The van der Waals surface area contributed by atoms with Gasteiger partial charge < -0.3 is 4.57 Å². The van der Waals surface area contributed by atoms with Crippen molar-refractivity contribution in [3.05, 3.63) is 27.2 Å². The molecule has 0 saturated heterocycles. The highest BCUT2D eigenvalue weighted by Crippen LogP contribution is 2.15. The van der Waals surface area contributed by atoms with E-state index in [0.29, 0.717) is 4.57 Å². The molecule has 0 aliphatic carbocycles. The number of rotatable bonds is 0. The third kappa shape index (κ3) is 1.81. The Morgan fingerprint density at radius 1 is 1.21 bits per heavy atom. The standard InChI is InChI=1S/C12H16N4O3/c1-12(2,3)10(18)16-9(17)7-8(13-6-14(7)4)15(5)11(16)19/h6H,1-5H3. The molecule has 102 valence electrons. The summed E-state index contributed by atoms with van der Waals surface area (Å²) in [5.41, 5.74) is -1.60. The summed E-state index contributed by atoms with van der Waals surface area (Å²) in [4.78, 5) is 40.8. The second-order valence-corrected chi connectivity index (χ2v) is 5.56. The van der Waals surface area contributed by atoms with Crippen LogP contribution in [0.2, 0.25) is 0 Å². The molecule has 0 saturated carbocycles. The third-order valence-electron chi connectivity index (χ3n) is 2.96. The van der Waals surface area contributed by atoms with Gasteiger partial charge in [0.25, 0.3) is 5.56 Å². The molecule has 2 rings (SSSR count). The van der Waals surface area contributed by atoms with E-state index in [1.54, 1.807) is 27.8 Å². The summed E-state index contributed by atoms with van der Waals surface area (Å²) in [5, 5.41) is 0. The molecule has 0 atom stereocenters. The van der Waals surface area contributed by atoms with Crippen molar-refractivity contribution in [1.29, 1.82) is 0 Å². The van der Waals surface area contributed by atoms with Crippen LogP contribution < -0.4 is 11.2 Å². The van der Waals surface area contributed by atoms with Gasteiger partial charge in [-0.25, -0.2) is 9.78 Å². The van der Waals surface area contributed by atoms with Crippen molar-refractivity contribution in [3.8, 4) is 0 Å². The summed E-state index contributed by atoms with van der Waals surface area (Å²) in [5.74, 6) is -0.527. The largest absolute Gasteiger partial charge is 0.339 e. The van der Waals surface area contributed by atoms with E-state index in [4.69, 9.17) is 0 Å². The number of imidazole rings is 1. The Morgan fingerprint density at radius 2 is 1.79 bits per heavy atom. The van der Waals surface area contributed by atoms with E-state index >= 15 is 0 Å². The molecule has 7 heteroatoms. The summed E-state index contributed by atoms with van der Waals surface area (Å²) < 4.78 is 3.40. The molecule has 19 heavy (non-hydrogen) atoms. The molecule has 7 nitrogen and oxygen atoms in total. The minimum Gasteiger partial charge on any atom is -0.328 e. The first-order valence-corrected chi connectivity index (χ1v) is 5.84. The lowest BCUT2D eigenvalue weighted by atomic mass is 9.95. The Bertz CT molecular complexity index is 786. The normalized spacial score (nSPS) is 12.1. The van der Waals surface area contributed by atoms with Crippen molar-refractivity contribution in [3.63, 3.8) is 0 Å². The molecule has 0 spiro atoms. The van der Waals surface area contributed by atoms with Crippen LogP contribution in [-0.4, -0.2) is 24.6 Å². The molecule has 0 aliphatic heterocycles. The van der Waals surface area contributed by atoms with E-state index in [0.717, 1.165) is 0 Å². The van der Waals surface area contributed by atoms with Gasteiger partial charge in [-0.1, -0.05) is 20.8 Å². The summed E-state index contributed by atoms with van der Waals surface area (Å²) >= 11 is 0. The number of aromatic nitrogens is 4. The van der Waals surface area contributed by atoms with Crippen LogP contribution in [0, 0.1) is 5.41 Å². The van der Waals surface area contributed by atoms with Crippen LogP contribution in [0.3, 0.4) is 0 Å². The molecule has 0 N–H and O–H groups in total. The van der Waals surface area contributed by atoms with E-state index in [1.165, 1.54) is 22.5 Å². The third-order valence-corrected chi connectivity index (χ3v) is 2.96. The molecule has 0 fully saturated rings. The Hall–Kier alpha value is -2.18. The average Bonchev–Trinajstić information content (AvgIpc) is 2.67. The van der Waals surface area contributed by atoms with Gasteiger partial charge in [-0.05, 0) is 0 Å². The highest BCUT2D eigenvalue weighted by molar-refractivity contribution is 5.85. The number of hydrogen-bond acceptors (Lipinski definition) is 4. The number of aryl methyl sites for hydroxylation is 2. The van der Waals surface area contributed by atoms with Crippen LogP contribution >= 0.6 is 0 Å². The van der Waals surface area contributed by atoms with Crippen LogP contribution in [-0.2, 0) is 14.1 Å². The molecule has 0 aromatic carbocycles. The lowest BCUT2D eigenvalue weighted by Crippen LogP contribution is -2.47. The molecule has 0 radical (unpaired) electrons. The van der Waals surface area contributed by atoms with Crippen LogP contribution in [0.4, 0.5) is 0 Å². The zero-order chi connectivity index (χ0) is 14.5. The van der Waals surface area contributed by atoms with E-state index in [1.807, 2.05) is 0 Å². The van der Waals surface area contributed by atoms with Gasteiger partial charge in [0.2, 0.25) is 5.91 Å². The molecule has 2 aromatic rings. The average molecular weight is 264 g/mol. The predicted octanol–water partition coefficient (Wildman–Crippen LogP) is 0.120. The summed E-state index contributed by atoms with van der Waals surface area (Å²) in [6.45, 7) is 4.98. The fourth-order valence-electron chi connectivity index (χ4n) is 1.86. The molecule has 0 amide bonds. The summed E-state index contributed by atoms with van der Waals surface area (Å²) in [6, 6.07) is 0. The van der Waals surface area contributed by atoms with Crippen molar-refractivity contribution in [1.82, 2.24) is 18.7 Å². The Labute approximate surface area is 109 Å². The van der Waals surface area contributed by atoms with Gasteiger partial charge in [0, 0.05) is 19.5 Å². The minimum absolute atomic E-state index is 0.236. The SMILES string of the molecule is Cn1cnc2c1c(=O)n(C(=O)C(C)(C)C)c(=O)n2C. The highest BCUT2D eigenvalue weighted by atomic mass is 16.2. The van der Waals surface area contributed by atoms with Gasteiger partial charge in [0.15, 0.2) is 11.2 Å². The number of fused-ring (bicyclic) bond motifs is 1. The van der Waals surface area contributed by atoms with Gasteiger partial charge in [0.05, 0.1) is 6.33 Å². The van der Waals surface area contributed by atoms with Gasteiger partial charge in [-0.2, -0.15) is 4.57 Å². The first-order valence-electron chi connectivity index (χ1n) is 5.84. The van der Waals surface area contributed by atoms with E-state index < -0.39 is 22.6 Å². The smallest absolute Gasteiger partial charge is 0.328 e. The van der Waals surface area contributed by atoms with Gasteiger partial charge in [-0.3, -0.25) is 14.2 Å². The maximum atomic E-state index is 12.3. The second-order valence-electron chi connectivity index (χ2n) is 5.56. The number of hydrogen-bond donors (Lipinski definition) is 0. The zero-order valence-electron chi connectivity index (χ0n) is 11.6. The van der Waals surface area contributed by atoms with E-state index in [-0.39, 0.29) is 11.2 Å². The Balaban J connectivity index is 2.98. The molecular formula is C12H16N4O3. The molecule has 2 aromatic heterocycles. The quantitative estimate of drug-likeness (QED) is 0.677. The second kappa shape index (κ2) is 3.91. The first-order chi connectivity index (χ1) is 8.66. The molecular weight excluding hydrogens is 248 g/mol. The molecule has 0 unspecified atom stereocenters. The van der Waals surface area contributed by atoms with Gasteiger partial charge >= 0.3 is 5.69 Å². The van der Waals surface area contributed by atoms with Crippen molar-refractivity contribution in [2.24, 2.45) is 19.5 Å². The molecule has 2 heterocycles. The summed E-state index contributed by atoms with van der Waals surface area (Å²) in [7, 11) is 3.14. The zero-order valence-corrected chi connectivity index (χ0v) is 11.6. The molecule has 0 aliphatic rings. The fourth-order valence-corrected chi connectivity index (χ4v) is 1.86. The van der Waals surface area contributed by atoms with Crippen molar-refractivity contribution in [2.75, 3.05) is 0 Å². The van der Waals surface area contributed by atoms with Crippen LogP contribution in [0.25, 0.3) is 11.2 Å². The van der Waals surface area contributed by atoms with E-state index in [2.05, 4.69) is 4.98 Å². The van der Waals surface area contributed by atoms with Crippen molar-refractivity contribution >= 4 is 17.1 Å². The Kier molecular flexibility index (Phi) is 2.73. The van der Waals surface area contributed by atoms with Crippen molar-refractivity contribution in [2.45, 2.75) is 20.8 Å². The maximum absolute atomic E-state index is 12.3.